The van der Waals surface area contributed by atoms with Gasteiger partial charge in [0.1, 0.15) is 6.54 Å². The lowest BCUT2D eigenvalue weighted by atomic mass is 10.1. The van der Waals surface area contributed by atoms with Crippen LogP contribution in [-0.4, -0.2) is 14.8 Å². The Morgan fingerprint density at radius 1 is 1.04 bits per heavy atom. The smallest absolute Gasteiger partial charge is 0.308 e. The third-order valence-corrected chi connectivity index (χ3v) is 4.94. The van der Waals surface area contributed by atoms with E-state index < -0.39 is 0 Å². The van der Waals surface area contributed by atoms with E-state index in [1.165, 1.54) is 16.9 Å². The Balaban J connectivity index is 1.60. The Morgan fingerprint density at radius 3 is 2.67 bits per heavy atom. The summed E-state index contributed by atoms with van der Waals surface area (Å²) in [6, 6.07) is 15.8. The van der Waals surface area contributed by atoms with E-state index in [-0.39, 0.29) is 4.87 Å². The maximum Gasteiger partial charge on any atom is 0.308 e. The van der Waals surface area contributed by atoms with Crippen LogP contribution in [-0.2, 0) is 13.0 Å². The number of fused-ring (bicyclic) bond motifs is 1. The van der Waals surface area contributed by atoms with Gasteiger partial charge in [-0.25, -0.2) is 0 Å². The molecule has 4 rings (SSSR count). The first kappa shape index (κ1) is 14.8. The van der Waals surface area contributed by atoms with E-state index in [1.807, 2.05) is 36.4 Å². The van der Waals surface area contributed by atoms with Crippen LogP contribution in [0, 0.1) is 6.92 Å². The molecule has 0 saturated heterocycles. The van der Waals surface area contributed by atoms with Gasteiger partial charge >= 0.3 is 4.87 Å². The van der Waals surface area contributed by atoms with Crippen molar-refractivity contribution in [2.24, 2.45) is 0 Å². The average molecular weight is 337 g/mol. The van der Waals surface area contributed by atoms with Crippen LogP contribution in [0.3, 0.4) is 0 Å². The number of hydrogen-bond acceptors (Lipinski definition) is 5. The van der Waals surface area contributed by atoms with Crippen molar-refractivity contribution in [1.82, 2.24) is 14.8 Å². The maximum atomic E-state index is 12.2. The van der Waals surface area contributed by atoms with Crippen LogP contribution in [0.1, 0.15) is 22.9 Å². The van der Waals surface area contributed by atoms with Gasteiger partial charge < -0.3 is 4.42 Å². The summed E-state index contributed by atoms with van der Waals surface area (Å²) >= 11 is 1.23. The number of nitrogens with zero attached hydrogens (tertiary/aromatic N) is 3. The molecule has 4 aromatic rings. The maximum absolute atomic E-state index is 12.2. The first-order valence-electron chi connectivity index (χ1n) is 7.65. The average Bonchev–Trinajstić information content (AvgIpc) is 3.15. The molecule has 0 aliphatic heterocycles. The highest BCUT2D eigenvalue weighted by Crippen LogP contribution is 2.18. The number of aryl methyl sites for hydroxylation is 1. The minimum Gasteiger partial charge on any atom is -0.423 e. The quantitative estimate of drug-likeness (QED) is 0.573. The Bertz CT molecular complexity index is 1060. The molecule has 0 fully saturated rings. The van der Waals surface area contributed by atoms with Crippen molar-refractivity contribution < 1.29 is 4.42 Å². The SMILES string of the molecule is Cc1ccccc1Cc1nnc(Cn2c(=O)sc3ccccc32)o1. The second kappa shape index (κ2) is 6.05. The van der Waals surface area contributed by atoms with Gasteiger partial charge in [0.05, 0.1) is 16.6 Å². The molecule has 0 N–H and O–H groups in total. The fourth-order valence-corrected chi connectivity index (χ4v) is 3.58. The number of hydrogen-bond donors (Lipinski definition) is 0. The molecule has 2 aromatic carbocycles. The molecule has 0 radical (unpaired) electrons. The topological polar surface area (TPSA) is 60.9 Å². The number of thiazole rings is 1. The van der Waals surface area contributed by atoms with Crippen LogP contribution < -0.4 is 4.87 Å². The molecule has 0 saturated carbocycles. The lowest BCUT2D eigenvalue weighted by Crippen LogP contribution is -2.13. The summed E-state index contributed by atoms with van der Waals surface area (Å²) in [7, 11) is 0. The third-order valence-electron chi connectivity index (χ3n) is 3.98. The summed E-state index contributed by atoms with van der Waals surface area (Å²) in [5.41, 5.74) is 3.24. The predicted octanol–water partition coefficient (Wildman–Crippen LogP) is 3.39. The summed E-state index contributed by atoms with van der Waals surface area (Å²) in [5, 5.41) is 8.21. The molecule has 2 aromatic heterocycles. The molecule has 2 heterocycles. The highest BCUT2D eigenvalue weighted by atomic mass is 32.1. The minimum atomic E-state index is -0.0187. The fraction of sp³-hybridized carbons (Fsp3) is 0.167. The summed E-state index contributed by atoms with van der Waals surface area (Å²) in [6.45, 7) is 2.35. The van der Waals surface area contributed by atoms with Gasteiger partial charge in [0, 0.05) is 0 Å². The highest BCUT2D eigenvalue weighted by molar-refractivity contribution is 7.16. The van der Waals surface area contributed by atoms with Gasteiger partial charge in [-0.2, -0.15) is 0 Å². The van der Waals surface area contributed by atoms with Crippen molar-refractivity contribution in [3.8, 4) is 0 Å². The van der Waals surface area contributed by atoms with E-state index >= 15 is 0 Å². The van der Waals surface area contributed by atoms with Crippen molar-refractivity contribution in [2.45, 2.75) is 19.9 Å². The van der Waals surface area contributed by atoms with Crippen molar-refractivity contribution >= 4 is 21.6 Å². The largest absolute Gasteiger partial charge is 0.423 e. The van der Waals surface area contributed by atoms with Gasteiger partial charge in [0.25, 0.3) is 0 Å². The van der Waals surface area contributed by atoms with Gasteiger partial charge in [-0.3, -0.25) is 9.36 Å². The Hall–Kier alpha value is -2.73. The fourth-order valence-electron chi connectivity index (χ4n) is 2.69. The van der Waals surface area contributed by atoms with Crippen LogP contribution >= 0.6 is 11.3 Å². The number of para-hydroxylation sites is 1. The van der Waals surface area contributed by atoms with Crippen LogP contribution in [0.5, 0.6) is 0 Å². The molecule has 24 heavy (non-hydrogen) atoms. The standard InChI is InChI=1S/C18H15N3O2S/c1-12-6-2-3-7-13(12)10-16-19-20-17(23-16)11-21-14-8-4-5-9-15(14)24-18(21)22/h2-9H,10-11H2,1H3. The molecule has 0 atom stereocenters. The van der Waals surface area contributed by atoms with Gasteiger partial charge in [0.15, 0.2) is 0 Å². The van der Waals surface area contributed by atoms with Crippen LogP contribution in [0.25, 0.3) is 10.2 Å². The zero-order valence-corrected chi connectivity index (χ0v) is 13.9. The number of rotatable bonds is 4. The summed E-state index contributed by atoms with van der Waals surface area (Å²) in [6.07, 6.45) is 0.596. The molecular formula is C18H15N3O2S. The molecule has 0 bridgehead atoms. The zero-order chi connectivity index (χ0) is 16.5. The normalized spacial score (nSPS) is 11.2. The van der Waals surface area contributed by atoms with Gasteiger partial charge in [-0.15, -0.1) is 10.2 Å². The second-order valence-electron chi connectivity index (χ2n) is 5.61. The highest BCUT2D eigenvalue weighted by Gasteiger charge is 2.12. The number of benzene rings is 2. The molecule has 0 aliphatic carbocycles. The number of aromatic nitrogens is 3. The van der Waals surface area contributed by atoms with E-state index in [1.54, 1.807) is 4.57 Å². The summed E-state index contributed by atoms with van der Waals surface area (Å²) in [4.78, 5) is 12.2. The molecule has 0 amide bonds. The van der Waals surface area contributed by atoms with Gasteiger partial charge in [-0.1, -0.05) is 47.7 Å². The Labute approximate surface area is 142 Å². The van der Waals surface area contributed by atoms with Crippen LogP contribution in [0.4, 0.5) is 0 Å². The third kappa shape index (κ3) is 2.76. The first-order valence-corrected chi connectivity index (χ1v) is 8.46. The molecule has 6 heteroatoms. The second-order valence-corrected chi connectivity index (χ2v) is 6.61. The Morgan fingerprint density at radius 2 is 1.79 bits per heavy atom. The van der Waals surface area contributed by atoms with E-state index in [9.17, 15) is 4.79 Å². The first-order chi connectivity index (χ1) is 11.7. The summed E-state index contributed by atoms with van der Waals surface area (Å²) < 4.78 is 8.37. The van der Waals surface area contributed by atoms with Crippen molar-refractivity contribution in [1.29, 1.82) is 0 Å². The van der Waals surface area contributed by atoms with Crippen LogP contribution in [0.2, 0.25) is 0 Å². The molecule has 120 valence electrons. The molecule has 0 aliphatic rings. The van der Waals surface area contributed by atoms with Gasteiger partial charge in [-0.05, 0) is 30.2 Å². The lowest BCUT2D eigenvalue weighted by molar-refractivity contribution is 0.446. The Kier molecular flexibility index (Phi) is 3.74. The molecule has 5 nitrogen and oxygen atoms in total. The van der Waals surface area contributed by atoms with E-state index in [4.69, 9.17) is 4.42 Å². The summed E-state index contributed by atoms with van der Waals surface area (Å²) in [5.74, 6) is 1.01. The van der Waals surface area contributed by atoms with E-state index in [0.29, 0.717) is 24.7 Å². The minimum absolute atomic E-state index is 0.0187. The van der Waals surface area contributed by atoms with Crippen molar-refractivity contribution in [3.63, 3.8) is 0 Å². The van der Waals surface area contributed by atoms with Gasteiger partial charge in [0.2, 0.25) is 11.8 Å². The molecule has 0 spiro atoms. The van der Waals surface area contributed by atoms with Crippen molar-refractivity contribution in [3.05, 3.63) is 81.1 Å². The van der Waals surface area contributed by atoms with E-state index in [0.717, 1.165) is 15.8 Å². The zero-order valence-electron chi connectivity index (χ0n) is 13.1. The van der Waals surface area contributed by atoms with Crippen LogP contribution in [0.15, 0.2) is 57.7 Å². The van der Waals surface area contributed by atoms with E-state index in [2.05, 4.69) is 29.3 Å². The monoisotopic (exact) mass is 337 g/mol. The molecule has 0 unspecified atom stereocenters. The van der Waals surface area contributed by atoms with Crippen molar-refractivity contribution in [2.75, 3.05) is 0 Å². The predicted molar refractivity (Wildman–Crippen MR) is 93.5 cm³/mol. The molecular weight excluding hydrogens is 322 g/mol. The lowest BCUT2D eigenvalue weighted by Gasteiger charge is -2.01.